The van der Waals surface area contributed by atoms with E-state index in [9.17, 15) is 0 Å². The van der Waals surface area contributed by atoms with Crippen LogP contribution < -0.4 is 4.90 Å². The van der Waals surface area contributed by atoms with Crippen LogP contribution in [0.1, 0.15) is 25.3 Å². The number of benzene rings is 1. The normalized spacial score (nSPS) is 11.0. The van der Waals surface area contributed by atoms with E-state index >= 15 is 0 Å². The van der Waals surface area contributed by atoms with Crippen molar-refractivity contribution in [1.82, 2.24) is 15.4 Å². The van der Waals surface area contributed by atoms with Gasteiger partial charge in [-0.25, -0.2) is 0 Å². The minimum Gasteiger partial charge on any atom is -0.411 e. The maximum absolute atomic E-state index is 5.72. The molecule has 0 saturated carbocycles. The third-order valence-electron chi connectivity index (χ3n) is 3.66. The molecule has 126 valence electrons. The Morgan fingerprint density at radius 2 is 1.83 bits per heavy atom. The van der Waals surface area contributed by atoms with Gasteiger partial charge in [0.05, 0.1) is 11.4 Å². The van der Waals surface area contributed by atoms with Crippen molar-refractivity contribution in [2.75, 3.05) is 18.0 Å². The minimum absolute atomic E-state index is 0.520. The molecule has 0 atom stereocenters. The van der Waals surface area contributed by atoms with Gasteiger partial charge < -0.3 is 13.8 Å². The highest BCUT2D eigenvalue weighted by Crippen LogP contribution is 2.27. The highest BCUT2D eigenvalue weighted by Gasteiger charge is 2.11. The Morgan fingerprint density at radius 3 is 2.46 bits per heavy atom. The van der Waals surface area contributed by atoms with Gasteiger partial charge in [0.15, 0.2) is 0 Å². The van der Waals surface area contributed by atoms with E-state index in [-0.39, 0.29) is 0 Å². The molecule has 3 rings (SSSR count). The number of aromatic nitrogens is 3. The third kappa shape index (κ3) is 3.79. The average molecular weight is 344 g/mol. The molecule has 24 heavy (non-hydrogen) atoms. The van der Waals surface area contributed by atoms with Crippen LogP contribution in [0.3, 0.4) is 0 Å². The van der Waals surface area contributed by atoms with Gasteiger partial charge in [-0.3, -0.25) is 0 Å². The summed E-state index contributed by atoms with van der Waals surface area (Å²) in [6.45, 7) is 8.16. The van der Waals surface area contributed by atoms with E-state index in [1.807, 2.05) is 25.1 Å². The van der Waals surface area contributed by atoms with Crippen LogP contribution in [-0.4, -0.2) is 28.4 Å². The lowest BCUT2D eigenvalue weighted by atomic mass is 10.2. The van der Waals surface area contributed by atoms with E-state index in [1.165, 1.54) is 17.4 Å². The Bertz CT molecular complexity index is 778. The van der Waals surface area contributed by atoms with E-state index in [2.05, 4.69) is 46.2 Å². The Labute approximate surface area is 145 Å². The summed E-state index contributed by atoms with van der Waals surface area (Å²) in [4.78, 5) is 2.29. The van der Waals surface area contributed by atoms with E-state index in [0.717, 1.165) is 30.1 Å². The van der Waals surface area contributed by atoms with Crippen LogP contribution in [-0.2, 0) is 5.75 Å². The molecule has 0 aliphatic rings. The highest BCUT2D eigenvalue weighted by atomic mass is 32.2. The molecule has 0 saturated heterocycles. The van der Waals surface area contributed by atoms with Crippen molar-refractivity contribution in [3.8, 4) is 11.5 Å². The van der Waals surface area contributed by atoms with Crippen LogP contribution in [0.4, 0.5) is 5.69 Å². The summed E-state index contributed by atoms with van der Waals surface area (Å²) in [5.41, 5.74) is 2.98. The second-order valence-corrected chi connectivity index (χ2v) is 6.24. The van der Waals surface area contributed by atoms with Gasteiger partial charge in [-0.05, 0) is 45.0 Å². The number of hydrogen-bond donors (Lipinski definition) is 0. The Hall–Kier alpha value is -2.28. The van der Waals surface area contributed by atoms with Crippen LogP contribution in [0.25, 0.3) is 11.5 Å². The smallest absolute Gasteiger partial charge is 0.277 e. The fourth-order valence-corrected chi connectivity index (χ4v) is 3.04. The second-order valence-electron chi connectivity index (χ2n) is 5.32. The molecule has 0 bridgehead atoms. The molecule has 0 unspecified atom stereocenters. The standard InChI is InChI=1S/C17H20N4O2S/c1-4-21(5-2)14-8-6-13(7-9-14)16-18-19-17(22-16)24-11-15-10-12(3)20-23-15/h6-10H,4-5,11H2,1-3H3. The second kappa shape index (κ2) is 7.53. The van der Waals surface area contributed by atoms with Crippen LogP contribution in [0, 0.1) is 6.92 Å². The summed E-state index contributed by atoms with van der Waals surface area (Å²) in [6.07, 6.45) is 0. The van der Waals surface area contributed by atoms with E-state index in [1.54, 1.807) is 0 Å². The molecule has 7 heteroatoms. The monoisotopic (exact) mass is 344 g/mol. The van der Waals surface area contributed by atoms with E-state index < -0.39 is 0 Å². The van der Waals surface area contributed by atoms with Crippen molar-refractivity contribution in [1.29, 1.82) is 0 Å². The molecule has 2 aromatic heterocycles. The minimum atomic E-state index is 0.520. The first-order valence-electron chi connectivity index (χ1n) is 7.93. The number of anilines is 1. The van der Waals surface area contributed by atoms with Gasteiger partial charge in [-0.2, -0.15) is 0 Å². The lowest BCUT2D eigenvalue weighted by molar-refractivity contribution is 0.390. The van der Waals surface area contributed by atoms with Gasteiger partial charge >= 0.3 is 0 Å². The highest BCUT2D eigenvalue weighted by molar-refractivity contribution is 7.98. The van der Waals surface area contributed by atoms with Crippen molar-refractivity contribution >= 4 is 17.4 Å². The van der Waals surface area contributed by atoms with E-state index in [0.29, 0.717) is 16.9 Å². The van der Waals surface area contributed by atoms with Crippen molar-refractivity contribution in [3.05, 3.63) is 41.8 Å². The predicted molar refractivity (Wildman–Crippen MR) is 94.1 cm³/mol. The molecule has 1 aromatic carbocycles. The first-order chi connectivity index (χ1) is 11.7. The number of rotatable bonds is 7. The molecular weight excluding hydrogens is 324 g/mol. The van der Waals surface area contributed by atoms with Crippen LogP contribution in [0.2, 0.25) is 0 Å². The first-order valence-corrected chi connectivity index (χ1v) is 8.92. The van der Waals surface area contributed by atoms with Gasteiger partial charge in [0.25, 0.3) is 5.22 Å². The van der Waals surface area contributed by atoms with Crippen molar-refractivity contribution in [2.24, 2.45) is 0 Å². The zero-order valence-electron chi connectivity index (χ0n) is 14.0. The molecule has 3 aromatic rings. The molecule has 0 radical (unpaired) electrons. The third-order valence-corrected chi connectivity index (χ3v) is 4.50. The maximum Gasteiger partial charge on any atom is 0.277 e. The van der Waals surface area contributed by atoms with E-state index in [4.69, 9.17) is 8.94 Å². The van der Waals surface area contributed by atoms with Gasteiger partial charge in [-0.15, -0.1) is 10.2 Å². The topological polar surface area (TPSA) is 68.2 Å². The SMILES string of the molecule is CCN(CC)c1ccc(-c2nnc(SCc3cc(C)no3)o2)cc1. The van der Waals surface area contributed by atoms with Crippen molar-refractivity contribution in [3.63, 3.8) is 0 Å². The molecule has 2 heterocycles. The Morgan fingerprint density at radius 1 is 1.08 bits per heavy atom. The quantitative estimate of drug-likeness (QED) is 0.596. The summed E-state index contributed by atoms with van der Waals surface area (Å²) in [6, 6.07) is 10.1. The Balaban J connectivity index is 1.66. The predicted octanol–water partition coefficient (Wildman–Crippen LogP) is 4.17. The zero-order chi connectivity index (χ0) is 16.9. The molecule has 0 fully saturated rings. The number of nitrogens with zero attached hydrogens (tertiary/aromatic N) is 4. The number of thioether (sulfide) groups is 1. The van der Waals surface area contributed by atoms with Crippen molar-refractivity contribution < 1.29 is 8.94 Å². The summed E-state index contributed by atoms with van der Waals surface area (Å²) >= 11 is 1.44. The molecule has 0 spiro atoms. The van der Waals surface area contributed by atoms with Crippen LogP contribution in [0.5, 0.6) is 0 Å². The van der Waals surface area contributed by atoms with Crippen molar-refractivity contribution in [2.45, 2.75) is 31.7 Å². The summed E-state index contributed by atoms with van der Waals surface area (Å²) < 4.78 is 10.9. The summed E-state index contributed by atoms with van der Waals surface area (Å²) in [5.74, 6) is 1.93. The first kappa shape index (κ1) is 16.6. The Kier molecular flexibility index (Phi) is 5.20. The van der Waals surface area contributed by atoms with Crippen LogP contribution in [0.15, 0.2) is 44.5 Å². The summed E-state index contributed by atoms with van der Waals surface area (Å²) in [5, 5.41) is 12.6. The van der Waals surface area contributed by atoms with Gasteiger partial charge in [0, 0.05) is 30.4 Å². The van der Waals surface area contributed by atoms with Crippen LogP contribution >= 0.6 is 11.8 Å². The molecule has 6 nitrogen and oxygen atoms in total. The van der Waals surface area contributed by atoms with Gasteiger partial charge in [-0.1, -0.05) is 16.9 Å². The fourth-order valence-electron chi connectivity index (χ4n) is 2.41. The maximum atomic E-state index is 5.72. The molecule has 0 amide bonds. The summed E-state index contributed by atoms with van der Waals surface area (Å²) in [7, 11) is 0. The number of aryl methyl sites for hydroxylation is 1. The lowest BCUT2D eigenvalue weighted by Crippen LogP contribution is -2.21. The molecule has 0 aliphatic carbocycles. The fraction of sp³-hybridized carbons (Fsp3) is 0.353. The van der Waals surface area contributed by atoms with Gasteiger partial charge in [0.1, 0.15) is 5.76 Å². The average Bonchev–Trinajstić information content (AvgIpc) is 3.24. The largest absolute Gasteiger partial charge is 0.411 e. The molecular formula is C17H20N4O2S. The molecule has 0 aliphatic heterocycles. The lowest BCUT2D eigenvalue weighted by Gasteiger charge is -2.20. The van der Waals surface area contributed by atoms with Gasteiger partial charge in [0.2, 0.25) is 5.89 Å². The number of hydrogen-bond acceptors (Lipinski definition) is 7. The zero-order valence-corrected chi connectivity index (χ0v) is 14.8. The molecule has 0 N–H and O–H groups in total.